The van der Waals surface area contributed by atoms with E-state index in [1.54, 1.807) is 6.07 Å². The van der Waals surface area contributed by atoms with Crippen molar-refractivity contribution in [3.8, 4) is 5.75 Å². The summed E-state index contributed by atoms with van der Waals surface area (Å²) in [5.41, 5.74) is 7.52. The third-order valence-corrected chi connectivity index (χ3v) is 2.82. The first-order valence-corrected chi connectivity index (χ1v) is 7.49. The maximum absolute atomic E-state index is 11.6. The number of nitrogens with zero attached hydrogens (tertiary/aromatic N) is 1. The number of amides is 3. The Morgan fingerprint density at radius 1 is 1.33 bits per heavy atom. The summed E-state index contributed by atoms with van der Waals surface area (Å²) >= 11 is 5.88. The van der Waals surface area contributed by atoms with E-state index in [-0.39, 0.29) is 12.5 Å². The fourth-order valence-corrected chi connectivity index (χ4v) is 1.67. The Bertz CT molecular complexity index is 646. The van der Waals surface area contributed by atoms with Gasteiger partial charge in [-0.1, -0.05) is 25.4 Å². The first kappa shape index (κ1) is 19.4. The zero-order valence-electron chi connectivity index (χ0n) is 13.3. The highest BCUT2D eigenvalue weighted by molar-refractivity contribution is 6.35. The van der Waals surface area contributed by atoms with Crippen LogP contribution in [0, 0.1) is 5.92 Å². The van der Waals surface area contributed by atoms with Gasteiger partial charge in [0, 0.05) is 17.1 Å². The van der Waals surface area contributed by atoms with Crippen molar-refractivity contribution in [3.63, 3.8) is 0 Å². The van der Waals surface area contributed by atoms with Crippen LogP contribution in [0.5, 0.6) is 5.75 Å². The zero-order valence-corrected chi connectivity index (χ0v) is 14.1. The predicted octanol–water partition coefficient (Wildman–Crippen LogP) is 0.426. The fourth-order valence-electron chi connectivity index (χ4n) is 1.49. The van der Waals surface area contributed by atoms with Crippen molar-refractivity contribution >= 4 is 35.5 Å². The molecule has 1 aromatic carbocycles. The van der Waals surface area contributed by atoms with Crippen molar-refractivity contribution in [1.29, 1.82) is 0 Å². The molecule has 0 atom stereocenters. The lowest BCUT2D eigenvalue weighted by Crippen LogP contribution is -2.39. The molecule has 9 heteroatoms. The Kier molecular flexibility index (Phi) is 7.70. The maximum atomic E-state index is 11.6. The molecule has 0 radical (unpaired) electrons. The largest absolute Gasteiger partial charge is 0.483 e. The van der Waals surface area contributed by atoms with E-state index < -0.39 is 17.7 Å². The molecule has 0 aromatic heterocycles. The van der Waals surface area contributed by atoms with E-state index in [2.05, 4.69) is 15.8 Å². The highest BCUT2D eigenvalue weighted by atomic mass is 35.5. The topological polar surface area (TPSA) is 123 Å². The van der Waals surface area contributed by atoms with Crippen LogP contribution < -0.4 is 21.2 Å². The van der Waals surface area contributed by atoms with Crippen molar-refractivity contribution in [2.75, 3.05) is 13.2 Å². The summed E-state index contributed by atoms with van der Waals surface area (Å²) in [6.45, 7) is 3.88. The second-order valence-corrected chi connectivity index (χ2v) is 5.68. The molecule has 0 heterocycles. The van der Waals surface area contributed by atoms with Crippen LogP contribution in [0.2, 0.25) is 5.02 Å². The lowest BCUT2D eigenvalue weighted by atomic mass is 10.2. The van der Waals surface area contributed by atoms with Crippen LogP contribution in [0.3, 0.4) is 0 Å². The molecule has 1 aromatic rings. The molecule has 0 saturated carbocycles. The van der Waals surface area contributed by atoms with Crippen LogP contribution in [0.4, 0.5) is 0 Å². The lowest BCUT2D eigenvalue weighted by Gasteiger charge is -2.08. The van der Waals surface area contributed by atoms with Crippen LogP contribution in [0.1, 0.15) is 19.4 Å². The number of carbonyl (C=O) groups is 3. The fraction of sp³-hybridized carbons (Fsp3) is 0.333. The Morgan fingerprint density at radius 2 is 2.04 bits per heavy atom. The molecule has 0 saturated heterocycles. The van der Waals surface area contributed by atoms with Crippen LogP contribution in [-0.2, 0) is 14.4 Å². The van der Waals surface area contributed by atoms with Gasteiger partial charge in [-0.15, -0.1) is 0 Å². The third-order valence-electron chi connectivity index (χ3n) is 2.59. The minimum atomic E-state index is -0.895. The summed E-state index contributed by atoms with van der Waals surface area (Å²) in [4.78, 5) is 33.8. The molecule has 0 spiro atoms. The third kappa shape index (κ3) is 7.10. The highest BCUT2D eigenvalue weighted by Crippen LogP contribution is 2.21. The molecular formula is C15H19ClN4O4. The van der Waals surface area contributed by atoms with Gasteiger partial charge < -0.3 is 15.8 Å². The van der Waals surface area contributed by atoms with E-state index in [9.17, 15) is 14.4 Å². The van der Waals surface area contributed by atoms with Gasteiger partial charge in [-0.2, -0.15) is 5.10 Å². The zero-order chi connectivity index (χ0) is 18.1. The normalized spacial score (nSPS) is 10.7. The minimum Gasteiger partial charge on any atom is -0.483 e. The van der Waals surface area contributed by atoms with Crippen molar-refractivity contribution in [2.45, 2.75) is 13.8 Å². The maximum Gasteiger partial charge on any atom is 0.329 e. The van der Waals surface area contributed by atoms with Crippen LogP contribution in [0.25, 0.3) is 0 Å². The average Bonchev–Trinajstić information content (AvgIpc) is 2.51. The van der Waals surface area contributed by atoms with E-state index >= 15 is 0 Å². The predicted molar refractivity (Wildman–Crippen MR) is 89.7 cm³/mol. The summed E-state index contributed by atoms with van der Waals surface area (Å²) in [5.74, 6) is -1.78. The number of nitrogens with two attached hydrogens (primary N) is 1. The van der Waals surface area contributed by atoms with Gasteiger partial charge in [-0.3, -0.25) is 14.4 Å². The number of hydrogen-bond donors (Lipinski definition) is 3. The number of hydrazone groups is 1. The summed E-state index contributed by atoms with van der Waals surface area (Å²) in [5, 5.41) is 6.55. The van der Waals surface area contributed by atoms with Gasteiger partial charge >= 0.3 is 11.8 Å². The Hall–Kier alpha value is -2.61. The summed E-state index contributed by atoms with van der Waals surface area (Å²) in [6.07, 6.45) is 1.25. The van der Waals surface area contributed by atoms with E-state index in [4.69, 9.17) is 22.1 Å². The summed E-state index contributed by atoms with van der Waals surface area (Å²) in [6, 6.07) is 4.61. The molecule has 4 N–H and O–H groups in total. The highest BCUT2D eigenvalue weighted by Gasteiger charge is 2.12. The van der Waals surface area contributed by atoms with Gasteiger partial charge in [-0.25, -0.2) is 5.43 Å². The minimum absolute atomic E-state index is 0.224. The molecule has 0 bridgehead atoms. The molecule has 0 aliphatic heterocycles. The van der Waals surface area contributed by atoms with Crippen LogP contribution >= 0.6 is 11.6 Å². The first-order valence-electron chi connectivity index (χ1n) is 7.11. The smallest absolute Gasteiger partial charge is 0.329 e. The average molecular weight is 355 g/mol. The number of primary amides is 1. The van der Waals surface area contributed by atoms with Crippen LogP contribution in [0.15, 0.2) is 23.3 Å². The number of ether oxygens (including phenoxy) is 1. The van der Waals surface area contributed by atoms with E-state index in [0.29, 0.717) is 22.9 Å². The van der Waals surface area contributed by atoms with Gasteiger partial charge in [0.1, 0.15) is 5.75 Å². The van der Waals surface area contributed by atoms with Crippen molar-refractivity contribution in [2.24, 2.45) is 16.8 Å². The second kappa shape index (κ2) is 9.51. The monoisotopic (exact) mass is 354 g/mol. The molecule has 130 valence electrons. The number of nitrogens with one attached hydrogen (secondary N) is 2. The van der Waals surface area contributed by atoms with E-state index in [1.807, 2.05) is 13.8 Å². The Labute approximate surface area is 144 Å². The quantitative estimate of drug-likeness (QED) is 0.373. The SMILES string of the molecule is CC(C)CNC(=O)C(=O)N/N=C\c1cc(Cl)ccc1OCC(N)=O. The number of halogens is 1. The molecule has 0 aliphatic rings. The summed E-state index contributed by atoms with van der Waals surface area (Å²) < 4.78 is 5.21. The van der Waals surface area contributed by atoms with Crippen molar-refractivity contribution in [3.05, 3.63) is 28.8 Å². The van der Waals surface area contributed by atoms with Gasteiger partial charge in [-0.05, 0) is 24.1 Å². The number of benzene rings is 1. The van der Waals surface area contributed by atoms with Crippen molar-refractivity contribution in [1.82, 2.24) is 10.7 Å². The van der Waals surface area contributed by atoms with Crippen molar-refractivity contribution < 1.29 is 19.1 Å². The Morgan fingerprint density at radius 3 is 2.67 bits per heavy atom. The van der Waals surface area contributed by atoms with Crippen LogP contribution in [-0.4, -0.2) is 37.1 Å². The van der Waals surface area contributed by atoms with E-state index in [1.165, 1.54) is 18.3 Å². The Balaban J connectivity index is 2.68. The lowest BCUT2D eigenvalue weighted by molar-refractivity contribution is -0.139. The molecule has 24 heavy (non-hydrogen) atoms. The van der Waals surface area contributed by atoms with E-state index in [0.717, 1.165) is 0 Å². The molecule has 0 aliphatic carbocycles. The number of carbonyl (C=O) groups excluding carboxylic acids is 3. The molecule has 8 nitrogen and oxygen atoms in total. The van der Waals surface area contributed by atoms with Gasteiger partial charge in [0.2, 0.25) is 0 Å². The molecule has 3 amide bonds. The van der Waals surface area contributed by atoms with Gasteiger partial charge in [0.05, 0.1) is 6.21 Å². The second-order valence-electron chi connectivity index (χ2n) is 5.24. The summed E-state index contributed by atoms with van der Waals surface area (Å²) in [7, 11) is 0. The molecular weight excluding hydrogens is 336 g/mol. The molecule has 0 unspecified atom stereocenters. The van der Waals surface area contributed by atoms with Gasteiger partial charge in [0.15, 0.2) is 6.61 Å². The van der Waals surface area contributed by atoms with Gasteiger partial charge in [0.25, 0.3) is 5.91 Å². The first-order chi connectivity index (χ1) is 11.3. The number of hydrogen-bond acceptors (Lipinski definition) is 5. The molecule has 0 fully saturated rings. The standard InChI is InChI=1S/C15H19ClN4O4/c1-9(2)6-18-14(22)15(23)20-19-7-10-5-11(16)3-4-12(10)24-8-13(17)21/h3-5,7,9H,6,8H2,1-2H3,(H2,17,21)(H,18,22)(H,20,23)/b19-7-. The molecule has 1 rings (SSSR count). The number of rotatable bonds is 7.